The predicted molar refractivity (Wildman–Crippen MR) is 32.8 cm³/mol. The average Bonchev–Trinajstić information content (AvgIpc) is 1.98. The van der Waals surface area contributed by atoms with E-state index in [1.54, 1.807) is 4.74 Å². The van der Waals surface area contributed by atoms with Gasteiger partial charge in [-0.05, 0) is 11.6 Å². The second-order valence-electron chi connectivity index (χ2n) is 2.48. The molecule has 0 atom stereocenters. The van der Waals surface area contributed by atoms with Crippen molar-refractivity contribution in [1.82, 2.24) is 0 Å². The van der Waals surface area contributed by atoms with E-state index in [9.17, 15) is 44.3 Å². The summed E-state index contributed by atoms with van der Waals surface area (Å²) in [5.41, 5.74) is 0. The number of carbonyl (C=O) groups is 1. The van der Waals surface area contributed by atoms with Gasteiger partial charge in [0.1, 0.15) is 0 Å². The summed E-state index contributed by atoms with van der Waals surface area (Å²) in [7, 11) is 0. The van der Waals surface area contributed by atoms with Crippen molar-refractivity contribution >= 4 is 16.8 Å². The summed E-state index contributed by atoms with van der Waals surface area (Å²) in [6.07, 6.45) is -19.7. The zero-order chi connectivity index (χ0) is 14.3. The van der Waals surface area contributed by atoms with Crippen LogP contribution < -0.4 is 0 Å². The van der Waals surface area contributed by atoms with E-state index in [4.69, 9.17) is 0 Å². The zero-order valence-electron chi connectivity index (χ0n) is 7.10. The Balaban J connectivity index is 5.20. The standard InChI is InChI=1S/C5ClF9O2/c6-1(16)2(7,8)4(12,13)17-5(14,15)3(9,10)11. The van der Waals surface area contributed by atoms with Gasteiger partial charge in [0.05, 0.1) is 0 Å². The van der Waals surface area contributed by atoms with Crippen molar-refractivity contribution in [2.24, 2.45) is 0 Å². The van der Waals surface area contributed by atoms with Gasteiger partial charge in [0, 0.05) is 0 Å². The molecule has 0 aliphatic rings. The van der Waals surface area contributed by atoms with Crippen LogP contribution in [0.4, 0.5) is 39.5 Å². The highest BCUT2D eigenvalue weighted by atomic mass is 35.5. The van der Waals surface area contributed by atoms with E-state index in [0.717, 1.165) is 0 Å². The number of alkyl halides is 9. The third-order valence-corrected chi connectivity index (χ3v) is 1.44. The van der Waals surface area contributed by atoms with Crippen LogP contribution in [0.5, 0.6) is 0 Å². The van der Waals surface area contributed by atoms with Gasteiger partial charge in [0.25, 0.3) is 0 Å². The molecule has 0 bridgehead atoms. The van der Waals surface area contributed by atoms with E-state index in [2.05, 4.69) is 11.6 Å². The van der Waals surface area contributed by atoms with Crippen molar-refractivity contribution in [3.63, 3.8) is 0 Å². The Bertz CT molecular complexity index is 309. The maximum atomic E-state index is 12.2. The summed E-state index contributed by atoms with van der Waals surface area (Å²) < 4.78 is 108. The van der Waals surface area contributed by atoms with E-state index >= 15 is 0 Å². The first-order valence-electron chi connectivity index (χ1n) is 3.25. The molecule has 0 unspecified atom stereocenters. The number of hydrogen-bond acceptors (Lipinski definition) is 2. The quantitative estimate of drug-likeness (QED) is 0.589. The molecule has 0 aromatic heterocycles. The minimum Gasteiger partial charge on any atom is -0.274 e. The summed E-state index contributed by atoms with van der Waals surface area (Å²) in [5.74, 6) is -6.04. The van der Waals surface area contributed by atoms with Crippen LogP contribution in [0, 0.1) is 0 Å². The Labute approximate surface area is 91.3 Å². The van der Waals surface area contributed by atoms with Gasteiger partial charge >= 0.3 is 29.6 Å². The van der Waals surface area contributed by atoms with Crippen LogP contribution in [-0.4, -0.2) is 29.6 Å². The molecular weight excluding hydrogens is 298 g/mol. The first-order chi connectivity index (χ1) is 7.15. The molecular formula is C5ClF9O2. The molecule has 0 heterocycles. The fourth-order valence-corrected chi connectivity index (χ4v) is 0.507. The lowest BCUT2D eigenvalue weighted by molar-refractivity contribution is -0.479. The summed E-state index contributed by atoms with van der Waals surface area (Å²) in [5, 5.41) is -3.15. The molecule has 0 rings (SSSR count). The Morgan fingerprint density at radius 1 is 0.824 bits per heavy atom. The fourth-order valence-electron chi connectivity index (χ4n) is 0.397. The zero-order valence-corrected chi connectivity index (χ0v) is 7.85. The molecule has 0 amide bonds. The lowest BCUT2D eigenvalue weighted by atomic mass is 10.3. The molecule has 0 spiro atoms. The first-order valence-corrected chi connectivity index (χ1v) is 3.63. The van der Waals surface area contributed by atoms with Gasteiger partial charge in [-0.1, -0.05) is 0 Å². The summed E-state index contributed by atoms with van der Waals surface area (Å²) >= 11 is 3.92. The summed E-state index contributed by atoms with van der Waals surface area (Å²) in [6.45, 7) is 0. The Kier molecular flexibility index (Phi) is 4.02. The molecule has 0 saturated carbocycles. The molecule has 102 valence electrons. The lowest BCUT2D eigenvalue weighted by Crippen LogP contribution is -2.54. The molecule has 0 aromatic carbocycles. The molecule has 0 aliphatic heterocycles. The van der Waals surface area contributed by atoms with E-state index in [1.165, 1.54) is 0 Å². The van der Waals surface area contributed by atoms with Gasteiger partial charge in [-0.3, -0.25) is 4.79 Å². The average molecular weight is 298 g/mol. The smallest absolute Gasteiger partial charge is 0.274 e. The van der Waals surface area contributed by atoms with Crippen molar-refractivity contribution in [2.75, 3.05) is 0 Å². The van der Waals surface area contributed by atoms with Gasteiger partial charge in [-0.25, -0.2) is 4.74 Å². The minimum atomic E-state index is -6.66. The summed E-state index contributed by atoms with van der Waals surface area (Å²) in [6, 6.07) is 0. The van der Waals surface area contributed by atoms with E-state index < -0.39 is 29.6 Å². The van der Waals surface area contributed by atoms with Crippen LogP contribution in [0.2, 0.25) is 0 Å². The van der Waals surface area contributed by atoms with Crippen molar-refractivity contribution in [3.8, 4) is 0 Å². The van der Waals surface area contributed by atoms with Crippen LogP contribution in [0.3, 0.4) is 0 Å². The van der Waals surface area contributed by atoms with Gasteiger partial charge in [-0.2, -0.15) is 39.5 Å². The second kappa shape index (κ2) is 4.19. The normalized spacial score (nSPS) is 14.9. The molecule has 17 heavy (non-hydrogen) atoms. The number of rotatable bonds is 4. The van der Waals surface area contributed by atoms with Crippen LogP contribution in [-0.2, 0) is 9.53 Å². The van der Waals surface area contributed by atoms with Crippen LogP contribution in [0.15, 0.2) is 0 Å². The Hall–Kier alpha value is -0.710. The highest BCUT2D eigenvalue weighted by molar-refractivity contribution is 6.65. The molecule has 0 fully saturated rings. The molecule has 0 aromatic rings. The minimum absolute atomic E-state index is 1.67. The maximum Gasteiger partial charge on any atom is 0.483 e. The van der Waals surface area contributed by atoms with Crippen molar-refractivity contribution in [2.45, 2.75) is 24.3 Å². The molecule has 0 N–H and O–H groups in total. The molecule has 0 radical (unpaired) electrons. The van der Waals surface area contributed by atoms with Crippen LogP contribution >= 0.6 is 11.6 Å². The number of halogens is 10. The maximum absolute atomic E-state index is 12.2. The fraction of sp³-hybridized carbons (Fsp3) is 0.800. The van der Waals surface area contributed by atoms with Gasteiger partial charge in [0.2, 0.25) is 0 Å². The molecule has 0 aliphatic carbocycles. The monoisotopic (exact) mass is 298 g/mol. The summed E-state index contributed by atoms with van der Waals surface area (Å²) in [4.78, 5) is 9.78. The third-order valence-electron chi connectivity index (χ3n) is 1.20. The third kappa shape index (κ3) is 3.15. The van der Waals surface area contributed by atoms with Crippen molar-refractivity contribution < 1.29 is 49.0 Å². The van der Waals surface area contributed by atoms with E-state index in [1.807, 2.05) is 0 Å². The van der Waals surface area contributed by atoms with Gasteiger partial charge in [0.15, 0.2) is 0 Å². The first kappa shape index (κ1) is 16.3. The lowest BCUT2D eigenvalue weighted by Gasteiger charge is -2.28. The van der Waals surface area contributed by atoms with Crippen LogP contribution in [0.25, 0.3) is 0 Å². The van der Waals surface area contributed by atoms with Gasteiger partial charge in [-0.15, -0.1) is 0 Å². The van der Waals surface area contributed by atoms with Gasteiger partial charge < -0.3 is 0 Å². The number of ether oxygens (including phenoxy) is 1. The molecule has 2 nitrogen and oxygen atoms in total. The van der Waals surface area contributed by atoms with Crippen molar-refractivity contribution in [1.29, 1.82) is 0 Å². The number of hydrogen-bond donors (Lipinski definition) is 0. The largest absolute Gasteiger partial charge is 0.483 e. The Morgan fingerprint density at radius 2 is 1.18 bits per heavy atom. The molecule has 0 saturated heterocycles. The van der Waals surface area contributed by atoms with Crippen LogP contribution in [0.1, 0.15) is 0 Å². The van der Waals surface area contributed by atoms with E-state index in [-0.39, 0.29) is 0 Å². The second-order valence-corrected chi connectivity index (χ2v) is 2.82. The highest BCUT2D eigenvalue weighted by Gasteiger charge is 2.72. The Morgan fingerprint density at radius 3 is 1.41 bits per heavy atom. The van der Waals surface area contributed by atoms with E-state index in [0.29, 0.717) is 0 Å². The molecule has 12 heteroatoms. The number of carbonyl (C=O) groups excluding carboxylic acids is 1. The predicted octanol–water partition coefficient (Wildman–Crippen LogP) is 3.15. The SMILES string of the molecule is O=C(Cl)C(F)(F)C(F)(F)OC(F)(F)C(F)(F)F. The topological polar surface area (TPSA) is 26.3 Å². The van der Waals surface area contributed by atoms with Crippen molar-refractivity contribution in [3.05, 3.63) is 0 Å². The highest BCUT2D eigenvalue weighted by Crippen LogP contribution is 2.45.